The topological polar surface area (TPSA) is 95.3 Å². The molecule has 7 nitrogen and oxygen atoms in total. The third-order valence-corrected chi connectivity index (χ3v) is 6.73. The first kappa shape index (κ1) is 21.1. The normalized spacial score (nSPS) is 18.3. The van der Waals surface area contributed by atoms with Crippen LogP contribution < -0.4 is 5.32 Å². The standard InChI is InChI=1S/C23H24N4O3S/c24-14-19-18-8-7-17(30-23(29)27-11-2-1-3-12-27)13-20(18)31-22(19)26-21(28)9-6-16-5-4-10-25-15-16/h4-6,9-10,15,17H,1-3,7-8,11-13H2,(H,26,28). The maximum atomic E-state index is 12.4. The van der Waals surface area contributed by atoms with Crippen LogP contribution >= 0.6 is 11.3 Å². The fourth-order valence-corrected chi connectivity index (χ4v) is 5.22. The van der Waals surface area contributed by atoms with Crippen LogP contribution in [-0.4, -0.2) is 41.1 Å². The molecule has 8 heteroatoms. The lowest BCUT2D eigenvalue weighted by molar-refractivity contribution is -0.111. The molecule has 2 aromatic heterocycles. The maximum Gasteiger partial charge on any atom is 0.410 e. The average molecular weight is 437 g/mol. The predicted molar refractivity (Wildman–Crippen MR) is 119 cm³/mol. The third kappa shape index (κ3) is 5.12. The number of amides is 2. The molecular formula is C23H24N4O3S. The van der Waals surface area contributed by atoms with E-state index in [2.05, 4.69) is 16.4 Å². The van der Waals surface area contributed by atoms with Crippen molar-refractivity contribution in [2.45, 2.75) is 44.6 Å². The van der Waals surface area contributed by atoms with Gasteiger partial charge in [0.05, 0.1) is 5.56 Å². The van der Waals surface area contributed by atoms with Gasteiger partial charge in [-0.15, -0.1) is 11.3 Å². The lowest BCUT2D eigenvalue weighted by atomic mass is 9.94. The number of nitrogens with zero attached hydrogens (tertiary/aromatic N) is 3. The Balaban J connectivity index is 1.41. The van der Waals surface area contributed by atoms with Gasteiger partial charge in [-0.05, 0) is 55.4 Å². The number of thiophene rings is 1. The van der Waals surface area contributed by atoms with E-state index in [-0.39, 0.29) is 18.1 Å². The first-order valence-corrected chi connectivity index (χ1v) is 11.3. The highest BCUT2D eigenvalue weighted by atomic mass is 32.1. The van der Waals surface area contributed by atoms with Crippen LogP contribution in [0.4, 0.5) is 9.80 Å². The van der Waals surface area contributed by atoms with Gasteiger partial charge in [0, 0.05) is 42.9 Å². The van der Waals surface area contributed by atoms with Crippen molar-refractivity contribution in [1.29, 1.82) is 5.26 Å². The number of nitriles is 1. The van der Waals surface area contributed by atoms with Gasteiger partial charge in [0.15, 0.2) is 0 Å². The monoisotopic (exact) mass is 436 g/mol. The number of hydrogen-bond donors (Lipinski definition) is 1. The molecule has 4 rings (SSSR count). The molecular weight excluding hydrogens is 412 g/mol. The van der Waals surface area contributed by atoms with Crippen molar-refractivity contribution in [2.75, 3.05) is 18.4 Å². The number of carbonyl (C=O) groups is 2. The molecule has 1 saturated heterocycles. The highest BCUT2D eigenvalue weighted by Crippen LogP contribution is 2.38. The number of pyridine rings is 1. The summed E-state index contributed by atoms with van der Waals surface area (Å²) in [6, 6.07) is 5.89. The molecule has 1 aliphatic heterocycles. The number of hydrogen-bond acceptors (Lipinski definition) is 6. The summed E-state index contributed by atoms with van der Waals surface area (Å²) in [6.07, 6.45) is 11.2. The van der Waals surface area contributed by atoms with Crippen LogP contribution in [-0.2, 0) is 22.4 Å². The minimum absolute atomic E-state index is 0.193. The molecule has 2 aliphatic rings. The van der Waals surface area contributed by atoms with Crippen LogP contribution in [0.2, 0.25) is 0 Å². The van der Waals surface area contributed by atoms with Gasteiger partial charge in [-0.2, -0.15) is 5.26 Å². The van der Waals surface area contributed by atoms with E-state index in [1.165, 1.54) is 17.4 Å². The Morgan fingerprint density at radius 2 is 2.16 bits per heavy atom. The summed E-state index contributed by atoms with van der Waals surface area (Å²) in [4.78, 5) is 31.6. The molecule has 1 aliphatic carbocycles. The minimum atomic E-state index is -0.299. The Bertz CT molecular complexity index is 1020. The Kier molecular flexibility index (Phi) is 6.63. The van der Waals surface area contributed by atoms with Gasteiger partial charge >= 0.3 is 6.09 Å². The van der Waals surface area contributed by atoms with Crippen LogP contribution in [0.15, 0.2) is 30.6 Å². The van der Waals surface area contributed by atoms with E-state index in [1.807, 2.05) is 6.07 Å². The summed E-state index contributed by atoms with van der Waals surface area (Å²) in [6.45, 7) is 1.52. The van der Waals surface area contributed by atoms with E-state index in [0.717, 1.165) is 48.4 Å². The number of fused-ring (bicyclic) bond motifs is 1. The summed E-state index contributed by atoms with van der Waals surface area (Å²) >= 11 is 1.40. The first-order valence-electron chi connectivity index (χ1n) is 10.5. The fourth-order valence-electron chi connectivity index (χ4n) is 3.96. The molecule has 3 heterocycles. The van der Waals surface area contributed by atoms with Gasteiger partial charge in [-0.1, -0.05) is 6.07 Å². The number of piperidine rings is 1. The first-order chi connectivity index (χ1) is 15.1. The molecule has 0 saturated carbocycles. The number of ether oxygens (including phenoxy) is 1. The molecule has 0 radical (unpaired) electrons. The van der Waals surface area contributed by atoms with Crippen molar-refractivity contribution in [2.24, 2.45) is 0 Å². The smallest absolute Gasteiger partial charge is 0.410 e. The number of carbonyl (C=O) groups excluding carboxylic acids is 2. The molecule has 0 aromatic carbocycles. The van der Waals surface area contributed by atoms with Crippen molar-refractivity contribution in [1.82, 2.24) is 9.88 Å². The fraction of sp³-hybridized carbons (Fsp3) is 0.391. The van der Waals surface area contributed by atoms with Gasteiger partial charge in [0.2, 0.25) is 5.91 Å². The van der Waals surface area contributed by atoms with Gasteiger partial charge < -0.3 is 15.0 Å². The summed E-state index contributed by atoms with van der Waals surface area (Å²) in [7, 11) is 0. The van der Waals surface area contributed by atoms with Crippen LogP contribution in [0, 0.1) is 11.3 Å². The van der Waals surface area contributed by atoms with Crippen molar-refractivity contribution in [3.8, 4) is 6.07 Å². The van der Waals surface area contributed by atoms with Crippen LogP contribution in [0.1, 0.15) is 47.3 Å². The number of nitrogens with one attached hydrogen (secondary N) is 1. The molecule has 31 heavy (non-hydrogen) atoms. The molecule has 160 valence electrons. The van der Waals surface area contributed by atoms with Crippen molar-refractivity contribution in [3.05, 3.63) is 52.2 Å². The van der Waals surface area contributed by atoms with Crippen molar-refractivity contribution < 1.29 is 14.3 Å². The van der Waals surface area contributed by atoms with E-state index in [1.54, 1.807) is 29.4 Å². The summed E-state index contributed by atoms with van der Waals surface area (Å²) in [5, 5.41) is 13.0. The van der Waals surface area contributed by atoms with Gasteiger partial charge in [-0.3, -0.25) is 9.78 Å². The summed E-state index contributed by atoms with van der Waals surface area (Å²) < 4.78 is 5.75. The highest BCUT2D eigenvalue weighted by Gasteiger charge is 2.29. The summed E-state index contributed by atoms with van der Waals surface area (Å²) in [5.41, 5.74) is 2.30. The minimum Gasteiger partial charge on any atom is -0.446 e. The zero-order valence-electron chi connectivity index (χ0n) is 17.2. The number of anilines is 1. The molecule has 1 N–H and O–H groups in total. The maximum absolute atomic E-state index is 12.4. The lowest BCUT2D eigenvalue weighted by Gasteiger charge is -2.29. The molecule has 1 unspecified atom stereocenters. The largest absolute Gasteiger partial charge is 0.446 e. The molecule has 0 spiro atoms. The highest BCUT2D eigenvalue weighted by molar-refractivity contribution is 7.16. The number of rotatable bonds is 4. The average Bonchev–Trinajstić information content (AvgIpc) is 3.15. The predicted octanol–water partition coefficient (Wildman–Crippen LogP) is 4.15. The molecule has 1 fully saturated rings. The van der Waals surface area contributed by atoms with Gasteiger partial charge in [0.25, 0.3) is 0 Å². The molecule has 2 amide bonds. The van der Waals surface area contributed by atoms with Crippen molar-refractivity contribution in [3.63, 3.8) is 0 Å². The lowest BCUT2D eigenvalue weighted by Crippen LogP contribution is -2.39. The Morgan fingerprint density at radius 3 is 2.90 bits per heavy atom. The van der Waals surface area contributed by atoms with E-state index in [4.69, 9.17) is 4.74 Å². The second kappa shape index (κ2) is 9.75. The van der Waals surface area contributed by atoms with Gasteiger partial charge in [0.1, 0.15) is 17.2 Å². The Labute approximate surface area is 185 Å². The van der Waals surface area contributed by atoms with Crippen LogP contribution in [0.25, 0.3) is 6.08 Å². The van der Waals surface area contributed by atoms with E-state index >= 15 is 0 Å². The zero-order chi connectivity index (χ0) is 21.6. The van der Waals surface area contributed by atoms with E-state index in [9.17, 15) is 14.9 Å². The third-order valence-electron chi connectivity index (χ3n) is 5.56. The quantitative estimate of drug-likeness (QED) is 0.727. The number of aromatic nitrogens is 1. The van der Waals surface area contributed by atoms with Gasteiger partial charge in [-0.25, -0.2) is 4.79 Å². The Hall–Kier alpha value is -3.18. The molecule has 0 bridgehead atoms. The number of likely N-dealkylation sites (tertiary alicyclic amines) is 1. The van der Waals surface area contributed by atoms with Crippen LogP contribution in [0.5, 0.6) is 0 Å². The van der Waals surface area contributed by atoms with E-state index < -0.39 is 0 Å². The SMILES string of the molecule is N#Cc1c(NC(=O)C=Cc2cccnc2)sc2c1CCC(OC(=O)N1CCCCC1)C2. The second-order valence-corrected chi connectivity index (χ2v) is 8.83. The molecule has 1 atom stereocenters. The molecule has 2 aromatic rings. The second-order valence-electron chi connectivity index (χ2n) is 7.72. The van der Waals surface area contributed by atoms with E-state index in [0.29, 0.717) is 29.8 Å². The zero-order valence-corrected chi connectivity index (χ0v) is 18.0. The summed E-state index contributed by atoms with van der Waals surface area (Å²) in [5.74, 6) is -0.299. The van der Waals surface area contributed by atoms with Crippen LogP contribution in [0.3, 0.4) is 0 Å². The van der Waals surface area contributed by atoms with Crippen molar-refractivity contribution >= 4 is 34.4 Å². The Morgan fingerprint density at radius 1 is 1.32 bits per heavy atom.